The lowest BCUT2D eigenvalue weighted by atomic mass is 9.94. The standard InChI is InChI=1S/C16H16Br3NO/c1-16(2,11-3-5-12(17)6-4-11)20-9-10-7-13(18)15(21)14(19)8-10/h3-8,20-21H,9H2,1-2H3. The molecule has 0 unspecified atom stereocenters. The molecule has 0 spiro atoms. The largest absolute Gasteiger partial charge is 0.506 e. The van der Waals surface area contributed by atoms with Gasteiger partial charge in [0.1, 0.15) is 5.75 Å². The second-order valence-electron chi connectivity index (χ2n) is 5.39. The molecule has 0 fully saturated rings. The fraction of sp³-hybridized carbons (Fsp3) is 0.250. The van der Waals surface area contributed by atoms with Crippen molar-refractivity contribution in [3.05, 3.63) is 60.9 Å². The van der Waals surface area contributed by atoms with E-state index in [9.17, 15) is 5.11 Å². The minimum absolute atomic E-state index is 0.141. The lowest BCUT2D eigenvalue weighted by Gasteiger charge is -2.27. The molecule has 0 bridgehead atoms. The Kier molecular flexibility index (Phi) is 5.52. The first-order valence-electron chi connectivity index (χ1n) is 6.47. The van der Waals surface area contributed by atoms with Gasteiger partial charge in [-0.3, -0.25) is 0 Å². The molecule has 21 heavy (non-hydrogen) atoms. The lowest BCUT2D eigenvalue weighted by molar-refractivity contribution is 0.400. The van der Waals surface area contributed by atoms with E-state index < -0.39 is 0 Å². The van der Waals surface area contributed by atoms with Gasteiger partial charge in [-0.2, -0.15) is 0 Å². The van der Waals surface area contributed by atoms with E-state index in [1.807, 2.05) is 24.3 Å². The van der Waals surface area contributed by atoms with Crippen molar-refractivity contribution >= 4 is 47.8 Å². The van der Waals surface area contributed by atoms with Crippen LogP contribution in [0.25, 0.3) is 0 Å². The number of hydrogen-bond donors (Lipinski definition) is 2. The number of halogens is 3. The minimum Gasteiger partial charge on any atom is -0.506 e. The Balaban J connectivity index is 2.13. The van der Waals surface area contributed by atoms with Crippen LogP contribution in [0.1, 0.15) is 25.0 Å². The van der Waals surface area contributed by atoms with E-state index in [2.05, 4.69) is 79.1 Å². The summed E-state index contributed by atoms with van der Waals surface area (Å²) in [5.41, 5.74) is 2.18. The van der Waals surface area contributed by atoms with Gasteiger partial charge in [0, 0.05) is 16.6 Å². The van der Waals surface area contributed by atoms with Crippen molar-refractivity contribution in [2.24, 2.45) is 0 Å². The third-order valence-corrected chi connectivity index (χ3v) is 5.11. The smallest absolute Gasteiger partial charge is 0.143 e. The molecule has 2 aromatic carbocycles. The molecule has 2 N–H and O–H groups in total. The number of nitrogens with one attached hydrogen (secondary N) is 1. The van der Waals surface area contributed by atoms with Gasteiger partial charge in [-0.1, -0.05) is 28.1 Å². The van der Waals surface area contributed by atoms with Gasteiger partial charge >= 0.3 is 0 Å². The van der Waals surface area contributed by atoms with Gasteiger partial charge in [0.15, 0.2) is 0 Å². The fourth-order valence-electron chi connectivity index (χ4n) is 2.01. The summed E-state index contributed by atoms with van der Waals surface area (Å²) in [4.78, 5) is 0. The quantitative estimate of drug-likeness (QED) is 0.591. The number of benzene rings is 2. The number of phenolic OH excluding ortho intramolecular Hbond substituents is 1. The van der Waals surface area contributed by atoms with Crippen LogP contribution >= 0.6 is 47.8 Å². The van der Waals surface area contributed by atoms with Crippen molar-refractivity contribution in [1.82, 2.24) is 5.32 Å². The molecule has 2 aromatic rings. The maximum absolute atomic E-state index is 9.74. The van der Waals surface area contributed by atoms with Gasteiger partial charge < -0.3 is 10.4 Å². The van der Waals surface area contributed by atoms with Crippen molar-refractivity contribution < 1.29 is 5.11 Å². The highest BCUT2D eigenvalue weighted by Crippen LogP contribution is 2.33. The summed E-state index contributed by atoms with van der Waals surface area (Å²) in [6.07, 6.45) is 0. The van der Waals surface area contributed by atoms with Crippen LogP contribution in [0.5, 0.6) is 5.75 Å². The topological polar surface area (TPSA) is 32.3 Å². The summed E-state index contributed by atoms with van der Waals surface area (Å²) in [5, 5.41) is 13.3. The Morgan fingerprint density at radius 3 is 2.05 bits per heavy atom. The molecule has 0 saturated carbocycles. The second-order valence-corrected chi connectivity index (χ2v) is 8.02. The Morgan fingerprint density at radius 2 is 1.52 bits per heavy atom. The Bertz CT molecular complexity index is 615. The van der Waals surface area contributed by atoms with Crippen LogP contribution < -0.4 is 5.32 Å². The monoisotopic (exact) mass is 475 g/mol. The highest BCUT2D eigenvalue weighted by molar-refractivity contribution is 9.11. The van der Waals surface area contributed by atoms with Gasteiger partial charge in [-0.25, -0.2) is 0 Å². The molecule has 0 aliphatic rings. The van der Waals surface area contributed by atoms with E-state index in [-0.39, 0.29) is 11.3 Å². The van der Waals surface area contributed by atoms with E-state index in [1.54, 1.807) is 0 Å². The van der Waals surface area contributed by atoms with Gasteiger partial charge in [0.05, 0.1) is 8.95 Å². The molecule has 2 nitrogen and oxygen atoms in total. The molecule has 0 amide bonds. The normalized spacial score (nSPS) is 11.7. The summed E-state index contributed by atoms with van der Waals surface area (Å²) in [6, 6.07) is 12.2. The van der Waals surface area contributed by atoms with Crippen LogP contribution in [0.3, 0.4) is 0 Å². The average molecular weight is 478 g/mol. The zero-order chi connectivity index (χ0) is 15.6. The van der Waals surface area contributed by atoms with Crippen LogP contribution in [0.4, 0.5) is 0 Å². The van der Waals surface area contributed by atoms with Crippen LogP contribution in [0.2, 0.25) is 0 Å². The second kappa shape index (κ2) is 6.82. The predicted octanol–water partition coefficient (Wildman–Crippen LogP) is 5.70. The summed E-state index contributed by atoms with van der Waals surface area (Å²) in [5.74, 6) is 0.228. The molecular weight excluding hydrogens is 462 g/mol. The van der Waals surface area contributed by atoms with Gasteiger partial charge in [-0.15, -0.1) is 0 Å². The number of phenols is 1. The molecule has 0 atom stereocenters. The van der Waals surface area contributed by atoms with E-state index in [4.69, 9.17) is 0 Å². The SMILES string of the molecule is CC(C)(NCc1cc(Br)c(O)c(Br)c1)c1ccc(Br)cc1. The van der Waals surface area contributed by atoms with Crippen molar-refractivity contribution in [2.75, 3.05) is 0 Å². The maximum atomic E-state index is 9.74. The zero-order valence-corrected chi connectivity index (χ0v) is 16.5. The first-order chi connectivity index (χ1) is 9.79. The molecule has 0 saturated heterocycles. The summed E-state index contributed by atoms with van der Waals surface area (Å²) >= 11 is 10.2. The van der Waals surface area contributed by atoms with Crippen LogP contribution in [0, 0.1) is 0 Å². The molecule has 112 valence electrons. The summed E-state index contributed by atoms with van der Waals surface area (Å²) < 4.78 is 2.46. The Hall–Kier alpha value is -0.360. The lowest BCUT2D eigenvalue weighted by Crippen LogP contribution is -2.35. The third-order valence-electron chi connectivity index (χ3n) is 3.38. The predicted molar refractivity (Wildman–Crippen MR) is 97.5 cm³/mol. The van der Waals surface area contributed by atoms with Crippen molar-refractivity contribution in [1.29, 1.82) is 0 Å². The number of rotatable bonds is 4. The number of hydrogen-bond acceptors (Lipinski definition) is 2. The fourth-order valence-corrected chi connectivity index (χ4v) is 3.56. The zero-order valence-electron chi connectivity index (χ0n) is 11.8. The highest BCUT2D eigenvalue weighted by atomic mass is 79.9. The molecule has 5 heteroatoms. The maximum Gasteiger partial charge on any atom is 0.143 e. The minimum atomic E-state index is -0.141. The molecule has 0 aliphatic carbocycles. The van der Waals surface area contributed by atoms with Gasteiger partial charge in [-0.05, 0) is 81.1 Å². The van der Waals surface area contributed by atoms with Gasteiger partial charge in [0.25, 0.3) is 0 Å². The first-order valence-corrected chi connectivity index (χ1v) is 8.85. The molecule has 0 heterocycles. The Labute approximate surface area is 150 Å². The van der Waals surface area contributed by atoms with Crippen LogP contribution in [-0.4, -0.2) is 5.11 Å². The highest BCUT2D eigenvalue weighted by Gasteiger charge is 2.19. The molecule has 0 aromatic heterocycles. The molecule has 2 rings (SSSR count). The van der Waals surface area contributed by atoms with E-state index >= 15 is 0 Å². The molecule has 0 radical (unpaired) electrons. The van der Waals surface area contributed by atoms with E-state index in [0.29, 0.717) is 15.5 Å². The molecule has 0 aliphatic heterocycles. The van der Waals surface area contributed by atoms with Crippen molar-refractivity contribution in [3.8, 4) is 5.75 Å². The van der Waals surface area contributed by atoms with Crippen molar-refractivity contribution in [2.45, 2.75) is 25.9 Å². The van der Waals surface area contributed by atoms with Crippen LogP contribution in [-0.2, 0) is 12.1 Å². The average Bonchev–Trinajstić information content (AvgIpc) is 2.43. The summed E-state index contributed by atoms with van der Waals surface area (Å²) in [6.45, 7) is 5.02. The summed E-state index contributed by atoms with van der Waals surface area (Å²) in [7, 11) is 0. The van der Waals surface area contributed by atoms with Crippen molar-refractivity contribution in [3.63, 3.8) is 0 Å². The Morgan fingerprint density at radius 1 is 1.00 bits per heavy atom. The molecular formula is C16H16Br3NO. The van der Waals surface area contributed by atoms with Gasteiger partial charge in [0.2, 0.25) is 0 Å². The first kappa shape index (κ1) is 17.0. The number of aromatic hydroxyl groups is 1. The van der Waals surface area contributed by atoms with E-state index in [1.165, 1.54) is 5.56 Å². The third kappa shape index (κ3) is 4.31. The van der Waals surface area contributed by atoms with Crippen LogP contribution in [0.15, 0.2) is 49.8 Å². The van der Waals surface area contributed by atoms with E-state index in [0.717, 1.165) is 10.0 Å².